The van der Waals surface area contributed by atoms with Gasteiger partial charge in [0, 0.05) is 34.8 Å². The average molecular weight is 480 g/mol. The third-order valence-corrected chi connectivity index (χ3v) is 6.11. The lowest BCUT2D eigenvalue weighted by molar-refractivity contribution is 0.0951. The topological polar surface area (TPSA) is 96.2 Å². The number of hydrogen-bond acceptors (Lipinski definition) is 4. The highest BCUT2D eigenvalue weighted by Gasteiger charge is 2.18. The molecule has 0 saturated carbocycles. The molecule has 5 rings (SSSR count). The van der Waals surface area contributed by atoms with Crippen LogP contribution in [-0.2, 0) is 6.54 Å². The lowest BCUT2D eigenvalue weighted by Crippen LogP contribution is -2.22. The van der Waals surface area contributed by atoms with E-state index in [0.29, 0.717) is 34.9 Å². The first-order valence-electron chi connectivity index (χ1n) is 11.5. The standard InChI is InChI=1S/C29H25N3O4/c1-35-24-13-10-18(15-25(24)36-2)17-31-28(33)20-11-12-23-22(16-20)26(19-7-4-3-5-8-19)27(32-23)21-9-6-14-30-29(21)34/h3-16,32H,17H2,1-2H3,(H,30,34)(H,31,33). The van der Waals surface area contributed by atoms with Crippen molar-refractivity contribution in [3.63, 3.8) is 0 Å². The lowest BCUT2D eigenvalue weighted by atomic mass is 9.98. The van der Waals surface area contributed by atoms with Gasteiger partial charge in [-0.3, -0.25) is 9.59 Å². The van der Waals surface area contributed by atoms with Crippen molar-refractivity contribution in [2.75, 3.05) is 14.2 Å². The van der Waals surface area contributed by atoms with Crippen LogP contribution in [0.4, 0.5) is 0 Å². The van der Waals surface area contributed by atoms with Crippen LogP contribution in [0, 0.1) is 0 Å². The first-order chi connectivity index (χ1) is 17.6. The van der Waals surface area contributed by atoms with Gasteiger partial charge in [0.25, 0.3) is 11.5 Å². The molecule has 0 aliphatic heterocycles. The van der Waals surface area contributed by atoms with Gasteiger partial charge in [0.1, 0.15) is 0 Å². The number of H-pyrrole nitrogens is 2. The van der Waals surface area contributed by atoms with E-state index < -0.39 is 0 Å². The third kappa shape index (κ3) is 4.34. The van der Waals surface area contributed by atoms with Crippen LogP contribution < -0.4 is 20.3 Å². The first kappa shape index (κ1) is 23.0. The summed E-state index contributed by atoms with van der Waals surface area (Å²) in [5.74, 6) is 1.03. The molecule has 0 aliphatic rings. The molecule has 3 N–H and O–H groups in total. The van der Waals surface area contributed by atoms with Gasteiger partial charge in [-0.15, -0.1) is 0 Å². The van der Waals surface area contributed by atoms with Crippen molar-refractivity contribution in [3.05, 3.63) is 107 Å². The zero-order valence-electron chi connectivity index (χ0n) is 19.9. The second-order valence-electron chi connectivity index (χ2n) is 8.29. The van der Waals surface area contributed by atoms with Crippen LogP contribution in [0.5, 0.6) is 11.5 Å². The fraction of sp³-hybridized carbons (Fsp3) is 0.103. The molecule has 0 radical (unpaired) electrons. The van der Waals surface area contributed by atoms with Gasteiger partial charge >= 0.3 is 0 Å². The number of amides is 1. The molecule has 36 heavy (non-hydrogen) atoms. The van der Waals surface area contributed by atoms with E-state index in [4.69, 9.17) is 9.47 Å². The Labute approximate surface area is 207 Å². The molecule has 2 heterocycles. The molecule has 0 unspecified atom stereocenters. The summed E-state index contributed by atoms with van der Waals surface area (Å²) in [6.45, 7) is 0.334. The smallest absolute Gasteiger partial charge is 0.257 e. The first-order valence-corrected chi connectivity index (χ1v) is 11.5. The summed E-state index contributed by atoms with van der Waals surface area (Å²) in [6, 6.07) is 24.4. The molecular formula is C29H25N3O4. The van der Waals surface area contributed by atoms with Crippen molar-refractivity contribution in [2.45, 2.75) is 6.54 Å². The highest BCUT2D eigenvalue weighted by atomic mass is 16.5. The predicted molar refractivity (Wildman–Crippen MR) is 141 cm³/mol. The maximum atomic E-state index is 13.1. The molecule has 1 amide bonds. The van der Waals surface area contributed by atoms with Gasteiger partial charge in [-0.1, -0.05) is 36.4 Å². The predicted octanol–water partition coefficient (Wildman–Crippen LogP) is 5.14. The van der Waals surface area contributed by atoms with Gasteiger partial charge < -0.3 is 24.8 Å². The van der Waals surface area contributed by atoms with Gasteiger partial charge in [-0.05, 0) is 53.6 Å². The Kier molecular flexibility index (Phi) is 6.28. The Morgan fingerprint density at radius 1 is 0.889 bits per heavy atom. The summed E-state index contributed by atoms with van der Waals surface area (Å²) >= 11 is 0. The summed E-state index contributed by atoms with van der Waals surface area (Å²) in [6.07, 6.45) is 1.61. The Morgan fingerprint density at radius 2 is 1.69 bits per heavy atom. The fourth-order valence-electron chi connectivity index (χ4n) is 4.33. The lowest BCUT2D eigenvalue weighted by Gasteiger charge is -2.10. The number of aromatic nitrogens is 2. The third-order valence-electron chi connectivity index (χ3n) is 6.11. The minimum Gasteiger partial charge on any atom is -0.493 e. The summed E-state index contributed by atoms with van der Waals surface area (Å²) in [5.41, 5.74) is 5.12. The molecule has 0 atom stereocenters. The average Bonchev–Trinajstić information content (AvgIpc) is 3.30. The summed E-state index contributed by atoms with van der Waals surface area (Å²) < 4.78 is 10.6. The SMILES string of the molecule is COc1ccc(CNC(=O)c2ccc3[nH]c(-c4ccc[nH]c4=O)c(-c4ccccc4)c3c2)cc1OC. The van der Waals surface area contributed by atoms with E-state index in [1.165, 1.54) is 0 Å². The zero-order valence-corrected chi connectivity index (χ0v) is 19.9. The van der Waals surface area contributed by atoms with Crippen molar-refractivity contribution in [1.29, 1.82) is 0 Å². The van der Waals surface area contributed by atoms with E-state index in [-0.39, 0.29) is 11.5 Å². The van der Waals surface area contributed by atoms with Crippen molar-refractivity contribution in [3.8, 4) is 33.9 Å². The van der Waals surface area contributed by atoms with Crippen molar-refractivity contribution >= 4 is 16.8 Å². The number of methoxy groups -OCH3 is 2. The Morgan fingerprint density at radius 3 is 2.44 bits per heavy atom. The Hall–Kier alpha value is -4.78. The summed E-state index contributed by atoms with van der Waals surface area (Å²) in [5, 5.41) is 3.83. The Balaban J connectivity index is 1.51. The maximum absolute atomic E-state index is 13.1. The van der Waals surface area contributed by atoms with Gasteiger partial charge in [0.2, 0.25) is 0 Å². The maximum Gasteiger partial charge on any atom is 0.257 e. The minimum atomic E-state index is -0.203. The van der Waals surface area contributed by atoms with Gasteiger partial charge in [0.05, 0.1) is 25.5 Å². The van der Waals surface area contributed by atoms with Gasteiger partial charge in [0.15, 0.2) is 11.5 Å². The second-order valence-corrected chi connectivity index (χ2v) is 8.29. The van der Waals surface area contributed by atoms with Crippen LogP contribution >= 0.6 is 0 Å². The number of carbonyl (C=O) groups is 1. The van der Waals surface area contributed by atoms with Crippen LogP contribution in [0.15, 0.2) is 89.9 Å². The van der Waals surface area contributed by atoms with Crippen LogP contribution in [-0.4, -0.2) is 30.1 Å². The number of carbonyl (C=O) groups excluding carboxylic acids is 1. The number of pyridine rings is 1. The highest BCUT2D eigenvalue weighted by molar-refractivity contribution is 6.07. The van der Waals surface area contributed by atoms with E-state index >= 15 is 0 Å². The van der Waals surface area contributed by atoms with E-state index in [1.54, 1.807) is 38.6 Å². The van der Waals surface area contributed by atoms with Crippen LogP contribution in [0.2, 0.25) is 0 Å². The molecular weight excluding hydrogens is 454 g/mol. The van der Waals surface area contributed by atoms with Crippen molar-refractivity contribution in [1.82, 2.24) is 15.3 Å². The largest absolute Gasteiger partial charge is 0.493 e. The monoisotopic (exact) mass is 479 g/mol. The van der Waals surface area contributed by atoms with E-state index in [1.807, 2.05) is 60.7 Å². The molecule has 0 spiro atoms. The number of nitrogens with one attached hydrogen (secondary N) is 3. The van der Waals surface area contributed by atoms with E-state index in [9.17, 15) is 9.59 Å². The molecule has 0 saturated heterocycles. The number of fused-ring (bicyclic) bond motifs is 1. The molecule has 7 nitrogen and oxygen atoms in total. The molecule has 3 aromatic carbocycles. The number of ether oxygens (including phenoxy) is 2. The molecule has 0 fully saturated rings. The molecule has 5 aromatic rings. The minimum absolute atomic E-state index is 0.186. The number of rotatable bonds is 7. The number of aromatic amines is 2. The second kappa shape index (κ2) is 9.84. The fourth-order valence-corrected chi connectivity index (χ4v) is 4.33. The van der Waals surface area contributed by atoms with Crippen LogP contribution in [0.3, 0.4) is 0 Å². The molecule has 180 valence electrons. The van der Waals surface area contributed by atoms with Crippen LogP contribution in [0.25, 0.3) is 33.3 Å². The Bertz CT molecular complexity index is 1600. The van der Waals surface area contributed by atoms with Gasteiger partial charge in [-0.25, -0.2) is 0 Å². The van der Waals surface area contributed by atoms with Crippen molar-refractivity contribution in [2.24, 2.45) is 0 Å². The zero-order chi connectivity index (χ0) is 25.1. The van der Waals surface area contributed by atoms with E-state index in [0.717, 1.165) is 27.6 Å². The molecule has 7 heteroatoms. The van der Waals surface area contributed by atoms with Crippen LogP contribution in [0.1, 0.15) is 15.9 Å². The highest BCUT2D eigenvalue weighted by Crippen LogP contribution is 2.37. The van der Waals surface area contributed by atoms with Gasteiger partial charge in [-0.2, -0.15) is 0 Å². The number of hydrogen-bond donors (Lipinski definition) is 3. The molecule has 0 aliphatic carbocycles. The summed E-state index contributed by atoms with van der Waals surface area (Å²) in [4.78, 5) is 31.8. The normalized spacial score (nSPS) is 10.8. The summed E-state index contributed by atoms with van der Waals surface area (Å²) in [7, 11) is 3.16. The molecule has 0 bridgehead atoms. The van der Waals surface area contributed by atoms with E-state index in [2.05, 4.69) is 15.3 Å². The van der Waals surface area contributed by atoms with Crippen molar-refractivity contribution < 1.29 is 14.3 Å². The molecule has 2 aromatic heterocycles. The quantitative estimate of drug-likeness (QED) is 0.301. The number of benzene rings is 3.